The summed E-state index contributed by atoms with van der Waals surface area (Å²) in [6, 6.07) is 3.78. The second-order valence-corrected chi connectivity index (χ2v) is 8.46. The highest BCUT2D eigenvalue weighted by molar-refractivity contribution is 7.89. The molecule has 0 radical (unpaired) electrons. The van der Waals surface area contributed by atoms with Gasteiger partial charge in [0.2, 0.25) is 10.0 Å². The minimum atomic E-state index is -3.62. The second-order valence-electron chi connectivity index (χ2n) is 6.59. The summed E-state index contributed by atoms with van der Waals surface area (Å²) in [6.07, 6.45) is 2.19. The van der Waals surface area contributed by atoms with E-state index in [4.69, 9.17) is 4.74 Å². The molecule has 0 saturated heterocycles. The van der Waals surface area contributed by atoms with Crippen molar-refractivity contribution in [3.63, 3.8) is 0 Å². The molecule has 0 aromatic heterocycles. The number of carbonyl (C=O) groups excluding carboxylic acids is 1. The Morgan fingerprint density at radius 3 is 2.29 bits per heavy atom. The predicted octanol–water partition coefficient (Wildman–Crippen LogP) is 2.97. The molecule has 0 amide bonds. The summed E-state index contributed by atoms with van der Waals surface area (Å²) in [4.78, 5) is 12.0. The Bertz CT molecular complexity index is 685. The molecule has 0 aliphatic heterocycles. The number of hydrogen-bond donors (Lipinski definition) is 0. The van der Waals surface area contributed by atoms with Gasteiger partial charge in [-0.3, -0.25) is 4.79 Å². The summed E-state index contributed by atoms with van der Waals surface area (Å²) in [5, 5.41) is 0. The number of benzene rings is 1. The molecule has 24 heavy (non-hydrogen) atoms. The summed E-state index contributed by atoms with van der Waals surface area (Å²) >= 11 is 0. The average molecular weight is 353 g/mol. The van der Waals surface area contributed by atoms with Crippen LogP contribution in [-0.2, 0) is 19.6 Å². The van der Waals surface area contributed by atoms with Crippen molar-refractivity contribution in [2.24, 2.45) is 5.92 Å². The number of hydrogen-bond acceptors (Lipinski definition) is 4. The predicted molar refractivity (Wildman–Crippen MR) is 93.4 cm³/mol. The van der Waals surface area contributed by atoms with E-state index in [1.807, 2.05) is 32.9 Å². The third-order valence-corrected chi connectivity index (χ3v) is 6.40. The first-order valence-corrected chi connectivity index (χ1v) is 9.93. The van der Waals surface area contributed by atoms with Crippen LogP contribution in [0.5, 0.6) is 0 Å². The SMILES string of the molecule is CCOC(=O)CCN(CC1CC1)S(=O)(=O)c1c(C)cc(C)cc1C. The van der Waals surface area contributed by atoms with Crippen LogP contribution in [0.4, 0.5) is 0 Å². The quantitative estimate of drug-likeness (QED) is 0.674. The molecule has 2 rings (SSSR count). The first kappa shape index (κ1) is 18.9. The molecule has 134 valence electrons. The molecule has 1 aromatic carbocycles. The highest BCUT2D eigenvalue weighted by atomic mass is 32.2. The van der Waals surface area contributed by atoms with Crippen LogP contribution in [0.3, 0.4) is 0 Å². The van der Waals surface area contributed by atoms with Gasteiger partial charge in [-0.25, -0.2) is 8.42 Å². The molecule has 0 bridgehead atoms. The lowest BCUT2D eigenvalue weighted by atomic mass is 10.1. The van der Waals surface area contributed by atoms with E-state index in [0.717, 1.165) is 29.5 Å². The number of rotatable bonds is 8. The lowest BCUT2D eigenvalue weighted by molar-refractivity contribution is -0.143. The summed E-state index contributed by atoms with van der Waals surface area (Å²) in [5.41, 5.74) is 2.55. The third-order valence-electron chi connectivity index (χ3n) is 4.23. The van der Waals surface area contributed by atoms with E-state index in [2.05, 4.69) is 0 Å². The normalized spacial score (nSPS) is 14.9. The second kappa shape index (κ2) is 7.66. The molecule has 1 saturated carbocycles. The highest BCUT2D eigenvalue weighted by Crippen LogP contribution is 2.33. The Morgan fingerprint density at radius 1 is 1.21 bits per heavy atom. The van der Waals surface area contributed by atoms with Crippen molar-refractivity contribution in [2.75, 3.05) is 19.7 Å². The van der Waals surface area contributed by atoms with Gasteiger partial charge in [-0.2, -0.15) is 4.31 Å². The smallest absolute Gasteiger partial charge is 0.307 e. The Kier molecular flexibility index (Phi) is 6.04. The Morgan fingerprint density at radius 2 is 1.79 bits per heavy atom. The van der Waals surface area contributed by atoms with E-state index in [0.29, 0.717) is 24.0 Å². The monoisotopic (exact) mass is 353 g/mol. The molecule has 6 heteroatoms. The van der Waals surface area contributed by atoms with Crippen molar-refractivity contribution >= 4 is 16.0 Å². The number of esters is 1. The van der Waals surface area contributed by atoms with Gasteiger partial charge in [-0.1, -0.05) is 17.7 Å². The van der Waals surface area contributed by atoms with E-state index in [9.17, 15) is 13.2 Å². The zero-order chi connectivity index (χ0) is 17.9. The highest BCUT2D eigenvalue weighted by Gasteiger charge is 2.33. The maximum absolute atomic E-state index is 13.2. The Labute approximate surface area is 145 Å². The minimum absolute atomic E-state index is 0.0871. The third kappa shape index (κ3) is 4.57. The zero-order valence-electron chi connectivity index (χ0n) is 15.0. The van der Waals surface area contributed by atoms with E-state index in [1.165, 1.54) is 4.31 Å². The number of aryl methyl sites for hydroxylation is 3. The minimum Gasteiger partial charge on any atom is -0.466 e. The topological polar surface area (TPSA) is 63.7 Å². The van der Waals surface area contributed by atoms with Crippen LogP contribution in [0.15, 0.2) is 17.0 Å². The van der Waals surface area contributed by atoms with Crippen LogP contribution in [0.2, 0.25) is 0 Å². The molecule has 0 heterocycles. The molecule has 0 unspecified atom stereocenters. The van der Waals surface area contributed by atoms with Gasteiger partial charge in [0.15, 0.2) is 0 Å². The van der Waals surface area contributed by atoms with Gasteiger partial charge in [0, 0.05) is 13.1 Å². The van der Waals surface area contributed by atoms with Crippen molar-refractivity contribution in [2.45, 2.75) is 51.9 Å². The fourth-order valence-corrected chi connectivity index (χ4v) is 4.98. The van der Waals surface area contributed by atoms with Gasteiger partial charge in [0.1, 0.15) is 0 Å². The van der Waals surface area contributed by atoms with Gasteiger partial charge in [-0.15, -0.1) is 0 Å². The van der Waals surface area contributed by atoms with Gasteiger partial charge in [-0.05, 0) is 57.6 Å². The largest absolute Gasteiger partial charge is 0.466 e. The average Bonchev–Trinajstić information content (AvgIpc) is 3.26. The van der Waals surface area contributed by atoms with Crippen molar-refractivity contribution in [1.82, 2.24) is 4.31 Å². The van der Waals surface area contributed by atoms with Crippen molar-refractivity contribution in [1.29, 1.82) is 0 Å². The molecule has 0 atom stereocenters. The summed E-state index contributed by atoms with van der Waals surface area (Å²) in [5.74, 6) is 0.0545. The van der Waals surface area contributed by atoms with Gasteiger partial charge in [0.05, 0.1) is 17.9 Å². The lowest BCUT2D eigenvalue weighted by Crippen LogP contribution is -2.35. The van der Waals surface area contributed by atoms with Gasteiger partial charge in [0.25, 0.3) is 0 Å². The maximum Gasteiger partial charge on any atom is 0.307 e. The standard InChI is InChI=1S/C18H27NO4S/c1-5-23-17(20)8-9-19(12-16-6-7-16)24(21,22)18-14(3)10-13(2)11-15(18)4/h10-11,16H,5-9,12H2,1-4H3. The Hall–Kier alpha value is -1.40. The molecule has 1 fully saturated rings. The summed E-state index contributed by atoms with van der Waals surface area (Å²) in [6.45, 7) is 8.32. The fraction of sp³-hybridized carbons (Fsp3) is 0.611. The van der Waals surface area contributed by atoms with Crippen LogP contribution in [0.1, 0.15) is 42.9 Å². The zero-order valence-corrected chi connectivity index (χ0v) is 15.8. The van der Waals surface area contributed by atoms with E-state index < -0.39 is 10.0 Å². The molecule has 5 nitrogen and oxygen atoms in total. The first-order valence-electron chi connectivity index (χ1n) is 8.49. The van der Waals surface area contributed by atoms with Crippen molar-refractivity contribution < 1.29 is 17.9 Å². The number of sulfonamides is 1. The lowest BCUT2D eigenvalue weighted by Gasteiger charge is -2.24. The maximum atomic E-state index is 13.2. The summed E-state index contributed by atoms with van der Waals surface area (Å²) in [7, 11) is -3.62. The molecule has 1 aromatic rings. The number of carbonyl (C=O) groups is 1. The molecular weight excluding hydrogens is 326 g/mol. The number of ether oxygens (including phenoxy) is 1. The molecule has 1 aliphatic rings. The molecule has 0 spiro atoms. The van der Waals surface area contributed by atoms with Gasteiger partial charge >= 0.3 is 5.97 Å². The van der Waals surface area contributed by atoms with E-state index in [1.54, 1.807) is 6.92 Å². The first-order chi connectivity index (χ1) is 11.3. The van der Waals surface area contributed by atoms with Crippen LogP contribution in [-0.4, -0.2) is 38.4 Å². The van der Waals surface area contributed by atoms with Crippen molar-refractivity contribution in [3.8, 4) is 0 Å². The molecule has 1 aliphatic carbocycles. The van der Waals surface area contributed by atoms with E-state index >= 15 is 0 Å². The van der Waals surface area contributed by atoms with Crippen LogP contribution in [0, 0.1) is 26.7 Å². The van der Waals surface area contributed by atoms with Crippen LogP contribution < -0.4 is 0 Å². The van der Waals surface area contributed by atoms with E-state index in [-0.39, 0.29) is 18.9 Å². The fourth-order valence-electron chi connectivity index (χ4n) is 3.05. The van der Waals surface area contributed by atoms with Crippen LogP contribution in [0.25, 0.3) is 0 Å². The summed E-state index contributed by atoms with van der Waals surface area (Å²) < 4.78 is 32.8. The van der Waals surface area contributed by atoms with Crippen molar-refractivity contribution in [3.05, 3.63) is 28.8 Å². The molecule has 0 N–H and O–H groups in total. The number of nitrogens with zero attached hydrogens (tertiary/aromatic N) is 1. The molecular formula is C18H27NO4S. The Balaban J connectivity index is 2.28. The van der Waals surface area contributed by atoms with Crippen LogP contribution >= 0.6 is 0 Å². The van der Waals surface area contributed by atoms with Gasteiger partial charge < -0.3 is 4.74 Å².